The molecule has 11 nitrogen and oxygen atoms in total. The van der Waals surface area contributed by atoms with E-state index < -0.39 is 45.2 Å². The minimum absolute atomic E-state index is 0.190. The van der Waals surface area contributed by atoms with Gasteiger partial charge < -0.3 is 24.8 Å². The fourth-order valence-electron chi connectivity index (χ4n) is 5.73. The van der Waals surface area contributed by atoms with E-state index in [0.717, 1.165) is 38.5 Å². The number of esters is 2. The molecule has 0 heterocycles. The smallest absolute Gasteiger partial charge is 0.465 e. The normalized spacial score (nSPS) is 13.1. The molecule has 0 rings (SSSR count). The first kappa shape index (κ1) is 48.3. The Balaban J connectivity index is 4.34. The number of ether oxygens (including phenoxy) is 2. The molecule has 0 spiro atoms. The predicted molar refractivity (Wildman–Crippen MR) is 199 cm³/mol. The largest absolute Gasteiger partial charge is 0.472 e. The van der Waals surface area contributed by atoms with Crippen molar-refractivity contribution in [1.29, 1.82) is 0 Å². The van der Waals surface area contributed by atoms with Crippen LogP contribution in [-0.4, -0.2) is 60.5 Å². The third kappa shape index (κ3) is 36.1. The standard InChI is InChI=1S/C38H74NO10P/c1-3-5-7-9-11-13-15-17-19-21-23-25-27-29-36(40)46-33-35(34-48-50(44,45)47-32-31-39-38(42)43)49-37(41)30-28-26-24-22-20-18-16-14-12-10-8-6-4-2/h35,39H,3-34H2,1-2H3,(H,42,43)(H,44,45). The van der Waals surface area contributed by atoms with Crippen LogP contribution >= 0.6 is 7.82 Å². The molecule has 0 aliphatic heterocycles. The Morgan fingerprint density at radius 2 is 0.940 bits per heavy atom. The molecule has 0 aliphatic carbocycles. The first-order chi connectivity index (χ1) is 24.2. The van der Waals surface area contributed by atoms with Gasteiger partial charge in [-0.15, -0.1) is 0 Å². The number of phosphoric acid groups is 1. The number of carbonyl (C=O) groups is 3. The van der Waals surface area contributed by atoms with E-state index in [1.807, 2.05) is 5.32 Å². The van der Waals surface area contributed by atoms with E-state index >= 15 is 0 Å². The molecule has 0 radical (unpaired) electrons. The SMILES string of the molecule is CCCCCCCCCCCCCCCC(=O)OCC(COP(=O)(O)OCCNC(=O)O)OC(=O)CCCCCCCCCCCCCCC. The van der Waals surface area contributed by atoms with Gasteiger partial charge in [-0.3, -0.25) is 18.6 Å². The molecule has 0 aromatic carbocycles. The van der Waals surface area contributed by atoms with Gasteiger partial charge in [0.2, 0.25) is 0 Å². The Labute approximate surface area is 304 Å². The summed E-state index contributed by atoms with van der Waals surface area (Å²) < 4.78 is 32.8. The van der Waals surface area contributed by atoms with E-state index in [4.69, 9.17) is 23.6 Å². The molecule has 0 bridgehead atoms. The molecular weight excluding hydrogens is 661 g/mol. The van der Waals surface area contributed by atoms with E-state index in [0.29, 0.717) is 12.8 Å². The first-order valence-electron chi connectivity index (χ1n) is 20.1. The molecule has 0 aromatic heterocycles. The fourth-order valence-corrected chi connectivity index (χ4v) is 6.48. The molecule has 2 atom stereocenters. The molecular formula is C38H74NO10P. The second-order valence-electron chi connectivity index (χ2n) is 13.6. The first-order valence-corrected chi connectivity index (χ1v) is 21.6. The van der Waals surface area contributed by atoms with Crippen molar-refractivity contribution in [2.75, 3.05) is 26.4 Å². The Morgan fingerprint density at radius 1 is 0.560 bits per heavy atom. The number of amides is 1. The second kappa shape index (κ2) is 35.7. The van der Waals surface area contributed by atoms with Crippen molar-refractivity contribution in [2.24, 2.45) is 0 Å². The zero-order valence-electron chi connectivity index (χ0n) is 31.8. The summed E-state index contributed by atoms with van der Waals surface area (Å²) >= 11 is 0. The number of hydrogen-bond acceptors (Lipinski definition) is 8. The zero-order valence-corrected chi connectivity index (χ0v) is 32.7. The van der Waals surface area contributed by atoms with Crippen molar-refractivity contribution >= 4 is 25.9 Å². The summed E-state index contributed by atoms with van der Waals surface area (Å²) in [5.41, 5.74) is 0. The third-order valence-corrected chi connectivity index (χ3v) is 9.74. The minimum atomic E-state index is -4.56. The average Bonchev–Trinajstić information content (AvgIpc) is 3.08. The monoisotopic (exact) mass is 736 g/mol. The number of unbranched alkanes of at least 4 members (excludes halogenated alkanes) is 24. The molecule has 0 aliphatic rings. The number of phosphoric ester groups is 1. The van der Waals surface area contributed by atoms with E-state index in [1.165, 1.54) is 116 Å². The van der Waals surface area contributed by atoms with Crippen LogP contribution in [0.2, 0.25) is 0 Å². The highest BCUT2D eigenvalue weighted by molar-refractivity contribution is 7.47. The van der Waals surface area contributed by atoms with Crippen molar-refractivity contribution in [3.05, 3.63) is 0 Å². The quantitative estimate of drug-likeness (QED) is 0.0316. The van der Waals surface area contributed by atoms with Crippen LogP contribution in [0.15, 0.2) is 0 Å². The molecule has 0 saturated heterocycles. The highest BCUT2D eigenvalue weighted by atomic mass is 31.2. The van der Waals surface area contributed by atoms with Crippen molar-refractivity contribution in [3.8, 4) is 0 Å². The van der Waals surface area contributed by atoms with Gasteiger partial charge in [-0.25, -0.2) is 9.36 Å². The maximum Gasteiger partial charge on any atom is 0.472 e. The molecule has 1 amide bonds. The van der Waals surface area contributed by atoms with E-state index in [-0.39, 0.29) is 26.0 Å². The van der Waals surface area contributed by atoms with Crippen molar-refractivity contribution < 1.29 is 47.5 Å². The van der Waals surface area contributed by atoms with Gasteiger partial charge in [0.05, 0.1) is 13.2 Å². The molecule has 0 aromatic rings. The Hall–Kier alpha value is -1.68. The second-order valence-corrected chi connectivity index (χ2v) is 15.1. The van der Waals surface area contributed by atoms with Gasteiger partial charge in [0.25, 0.3) is 0 Å². The average molecular weight is 736 g/mol. The van der Waals surface area contributed by atoms with Crippen LogP contribution < -0.4 is 5.32 Å². The van der Waals surface area contributed by atoms with Gasteiger partial charge >= 0.3 is 25.9 Å². The summed E-state index contributed by atoms with van der Waals surface area (Å²) in [5.74, 6) is -0.914. The van der Waals surface area contributed by atoms with E-state index in [2.05, 4.69) is 13.8 Å². The summed E-state index contributed by atoms with van der Waals surface area (Å²) in [4.78, 5) is 45.4. The van der Waals surface area contributed by atoms with E-state index in [1.54, 1.807) is 0 Å². The molecule has 50 heavy (non-hydrogen) atoms. The lowest BCUT2D eigenvalue weighted by Crippen LogP contribution is -2.30. The number of carboxylic acid groups (broad SMARTS) is 1. The van der Waals surface area contributed by atoms with Crippen LogP contribution in [0.5, 0.6) is 0 Å². The van der Waals surface area contributed by atoms with Crippen LogP contribution in [-0.2, 0) is 32.7 Å². The van der Waals surface area contributed by atoms with E-state index in [9.17, 15) is 23.8 Å². The topological polar surface area (TPSA) is 158 Å². The zero-order chi connectivity index (χ0) is 37.0. The van der Waals surface area contributed by atoms with Crippen LogP contribution in [0.4, 0.5) is 4.79 Å². The fraction of sp³-hybridized carbons (Fsp3) is 0.921. The summed E-state index contributed by atoms with van der Waals surface area (Å²) in [7, 11) is -4.56. The molecule has 0 fully saturated rings. The Morgan fingerprint density at radius 3 is 1.34 bits per heavy atom. The number of carbonyl (C=O) groups excluding carboxylic acids is 2. The minimum Gasteiger partial charge on any atom is -0.465 e. The van der Waals surface area contributed by atoms with Crippen LogP contribution in [0.3, 0.4) is 0 Å². The summed E-state index contributed by atoms with van der Waals surface area (Å²) in [6, 6.07) is 0. The van der Waals surface area contributed by atoms with Crippen molar-refractivity contribution in [2.45, 2.75) is 200 Å². The van der Waals surface area contributed by atoms with Gasteiger partial charge in [0.15, 0.2) is 6.10 Å². The number of rotatable bonds is 38. The lowest BCUT2D eigenvalue weighted by atomic mass is 10.0. The highest BCUT2D eigenvalue weighted by Gasteiger charge is 2.26. The predicted octanol–water partition coefficient (Wildman–Crippen LogP) is 10.8. The summed E-state index contributed by atoms with van der Waals surface area (Å²) in [6.45, 7) is 3.05. The van der Waals surface area contributed by atoms with Crippen molar-refractivity contribution in [3.63, 3.8) is 0 Å². The van der Waals surface area contributed by atoms with Gasteiger partial charge in [0, 0.05) is 19.4 Å². The molecule has 0 saturated carbocycles. The Kier molecular flexibility index (Phi) is 34.5. The van der Waals surface area contributed by atoms with Gasteiger partial charge in [0.1, 0.15) is 6.61 Å². The number of hydrogen-bond donors (Lipinski definition) is 3. The van der Waals surface area contributed by atoms with Gasteiger partial charge in [-0.2, -0.15) is 0 Å². The summed E-state index contributed by atoms with van der Waals surface area (Å²) in [5, 5.41) is 10.6. The molecule has 2 unspecified atom stereocenters. The molecule has 12 heteroatoms. The third-order valence-electron chi connectivity index (χ3n) is 8.75. The van der Waals surface area contributed by atoms with Gasteiger partial charge in [-0.1, -0.05) is 168 Å². The van der Waals surface area contributed by atoms with Crippen LogP contribution in [0, 0.1) is 0 Å². The van der Waals surface area contributed by atoms with Gasteiger partial charge in [-0.05, 0) is 12.8 Å². The maximum absolute atomic E-state index is 12.6. The maximum atomic E-state index is 12.6. The Bertz CT molecular complexity index is 859. The van der Waals surface area contributed by atoms with Crippen molar-refractivity contribution in [1.82, 2.24) is 5.32 Å². The lowest BCUT2D eigenvalue weighted by Gasteiger charge is -2.20. The lowest BCUT2D eigenvalue weighted by molar-refractivity contribution is -0.161. The number of nitrogens with one attached hydrogen (secondary N) is 1. The highest BCUT2D eigenvalue weighted by Crippen LogP contribution is 2.43. The van der Waals surface area contributed by atoms with Crippen LogP contribution in [0.25, 0.3) is 0 Å². The molecule has 296 valence electrons. The van der Waals surface area contributed by atoms with Crippen LogP contribution in [0.1, 0.15) is 194 Å². The summed E-state index contributed by atoms with van der Waals surface area (Å²) in [6.07, 6.45) is 29.2. The molecule has 3 N–H and O–H groups in total.